The van der Waals surface area contributed by atoms with Gasteiger partial charge in [0, 0.05) is 35.2 Å². The Hall–Kier alpha value is -2.61. The zero-order valence-electron chi connectivity index (χ0n) is 16.1. The van der Waals surface area contributed by atoms with Gasteiger partial charge in [0.15, 0.2) is 5.13 Å². The summed E-state index contributed by atoms with van der Waals surface area (Å²) in [4.78, 5) is 20.6. The molecule has 0 saturated heterocycles. The largest absolute Gasteiger partial charge is 0.382 e. The molecule has 0 spiro atoms. The summed E-state index contributed by atoms with van der Waals surface area (Å²) in [7, 11) is 3.98. The number of hydrogen-bond acceptors (Lipinski definition) is 7. The molecule has 4 rings (SSSR count). The monoisotopic (exact) mass is 442 g/mol. The van der Waals surface area contributed by atoms with Gasteiger partial charge in [0.25, 0.3) is 0 Å². The molecule has 0 saturated carbocycles. The van der Waals surface area contributed by atoms with E-state index in [4.69, 9.17) is 17.3 Å². The third-order valence-corrected chi connectivity index (χ3v) is 7.07. The number of hydrogen-bond donors (Lipinski definition) is 2. The molecular weight excluding hydrogens is 424 g/mol. The Bertz CT molecular complexity index is 1210. The minimum atomic E-state index is -0.106. The Balaban J connectivity index is 1.62. The van der Waals surface area contributed by atoms with Crippen molar-refractivity contribution in [2.45, 2.75) is 6.92 Å². The van der Waals surface area contributed by atoms with Gasteiger partial charge >= 0.3 is 0 Å². The SMILES string of the molecule is Cc1c(C(=O)c2sc(Nc3ccc(N(C)C)cc3)nc2N)sc2cc(Cl)ccc12. The van der Waals surface area contributed by atoms with E-state index >= 15 is 0 Å². The van der Waals surface area contributed by atoms with Crippen molar-refractivity contribution >= 4 is 72.5 Å². The van der Waals surface area contributed by atoms with Gasteiger partial charge in [-0.1, -0.05) is 29.0 Å². The number of aryl methyl sites for hydroxylation is 1. The Kier molecular flexibility index (Phi) is 5.21. The zero-order chi connectivity index (χ0) is 20.7. The van der Waals surface area contributed by atoms with E-state index < -0.39 is 0 Å². The van der Waals surface area contributed by atoms with E-state index in [0.29, 0.717) is 19.9 Å². The number of benzene rings is 2. The van der Waals surface area contributed by atoms with Gasteiger partial charge in [-0.15, -0.1) is 11.3 Å². The number of nitrogens with one attached hydrogen (secondary N) is 1. The van der Waals surface area contributed by atoms with Crippen LogP contribution >= 0.6 is 34.3 Å². The minimum absolute atomic E-state index is 0.106. The molecule has 0 radical (unpaired) electrons. The zero-order valence-corrected chi connectivity index (χ0v) is 18.5. The van der Waals surface area contributed by atoms with Crippen LogP contribution in [-0.4, -0.2) is 24.9 Å². The number of nitrogens with two attached hydrogens (primary N) is 1. The first-order chi connectivity index (χ1) is 13.8. The van der Waals surface area contributed by atoms with Crippen LogP contribution in [0, 0.1) is 6.92 Å². The fourth-order valence-corrected chi connectivity index (χ4v) is 5.38. The number of rotatable bonds is 5. The van der Waals surface area contributed by atoms with E-state index in [9.17, 15) is 4.79 Å². The summed E-state index contributed by atoms with van der Waals surface area (Å²) in [5.74, 6) is 0.133. The van der Waals surface area contributed by atoms with Crippen molar-refractivity contribution in [3.05, 3.63) is 62.8 Å². The molecule has 2 heterocycles. The number of ketones is 1. The van der Waals surface area contributed by atoms with Crippen molar-refractivity contribution in [3.63, 3.8) is 0 Å². The summed E-state index contributed by atoms with van der Waals surface area (Å²) in [6.45, 7) is 1.95. The topological polar surface area (TPSA) is 71.2 Å². The molecule has 148 valence electrons. The highest BCUT2D eigenvalue weighted by Crippen LogP contribution is 2.37. The molecular formula is C21H19ClN4OS2. The first-order valence-electron chi connectivity index (χ1n) is 8.87. The summed E-state index contributed by atoms with van der Waals surface area (Å²) in [6.07, 6.45) is 0. The first-order valence-corrected chi connectivity index (χ1v) is 10.9. The maximum absolute atomic E-state index is 13.2. The van der Waals surface area contributed by atoms with E-state index in [1.165, 1.54) is 22.7 Å². The van der Waals surface area contributed by atoms with E-state index in [1.54, 1.807) is 0 Å². The summed E-state index contributed by atoms with van der Waals surface area (Å²) in [6, 6.07) is 13.6. The number of thiophene rings is 1. The molecule has 0 fully saturated rings. The van der Waals surface area contributed by atoms with Gasteiger partial charge in [0.2, 0.25) is 5.78 Å². The Morgan fingerprint density at radius 2 is 1.83 bits per heavy atom. The number of nitrogens with zero attached hydrogens (tertiary/aromatic N) is 2. The average molecular weight is 443 g/mol. The van der Waals surface area contributed by atoms with Gasteiger partial charge in [0.05, 0.1) is 4.88 Å². The second kappa shape index (κ2) is 7.67. The van der Waals surface area contributed by atoms with Crippen LogP contribution in [0.3, 0.4) is 0 Å². The van der Waals surface area contributed by atoms with E-state index in [-0.39, 0.29) is 11.6 Å². The summed E-state index contributed by atoms with van der Waals surface area (Å²) >= 11 is 8.79. The van der Waals surface area contributed by atoms with E-state index in [1.807, 2.05) is 68.4 Å². The van der Waals surface area contributed by atoms with Crippen LogP contribution < -0.4 is 16.0 Å². The Morgan fingerprint density at radius 1 is 1.10 bits per heavy atom. The number of carbonyl (C=O) groups excluding carboxylic acids is 1. The predicted molar refractivity (Wildman–Crippen MR) is 126 cm³/mol. The minimum Gasteiger partial charge on any atom is -0.382 e. The quantitative estimate of drug-likeness (QED) is 0.374. The molecule has 3 N–H and O–H groups in total. The van der Waals surface area contributed by atoms with Crippen molar-refractivity contribution < 1.29 is 4.79 Å². The summed E-state index contributed by atoms with van der Waals surface area (Å²) in [5, 5.41) is 5.50. The van der Waals surface area contributed by atoms with Crippen LogP contribution in [0.4, 0.5) is 22.3 Å². The fourth-order valence-electron chi connectivity index (χ4n) is 3.03. The average Bonchev–Trinajstić information content (AvgIpc) is 3.21. The lowest BCUT2D eigenvalue weighted by Crippen LogP contribution is -2.08. The van der Waals surface area contributed by atoms with Gasteiger partial charge in [-0.05, 0) is 54.3 Å². The van der Waals surface area contributed by atoms with E-state index in [0.717, 1.165) is 27.0 Å². The van der Waals surface area contributed by atoms with E-state index in [2.05, 4.69) is 10.3 Å². The highest BCUT2D eigenvalue weighted by molar-refractivity contribution is 7.23. The molecule has 4 aromatic rings. The van der Waals surface area contributed by atoms with Crippen molar-refractivity contribution in [1.29, 1.82) is 0 Å². The van der Waals surface area contributed by atoms with Crippen LogP contribution in [0.15, 0.2) is 42.5 Å². The van der Waals surface area contributed by atoms with Crippen LogP contribution in [0.1, 0.15) is 20.1 Å². The number of aromatic nitrogens is 1. The van der Waals surface area contributed by atoms with Crippen LogP contribution in [0.2, 0.25) is 5.02 Å². The lowest BCUT2D eigenvalue weighted by atomic mass is 10.1. The molecule has 5 nitrogen and oxygen atoms in total. The van der Waals surface area contributed by atoms with Gasteiger partial charge in [0.1, 0.15) is 10.7 Å². The van der Waals surface area contributed by atoms with Crippen molar-refractivity contribution in [2.24, 2.45) is 0 Å². The molecule has 29 heavy (non-hydrogen) atoms. The van der Waals surface area contributed by atoms with Crippen molar-refractivity contribution in [2.75, 3.05) is 30.0 Å². The molecule has 0 aliphatic carbocycles. The molecule has 2 aromatic carbocycles. The van der Waals surface area contributed by atoms with Crippen molar-refractivity contribution in [1.82, 2.24) is 4.98 Å². The number of carbonyl (C=O) groups is 1. The molecule has 2 aromatic heterocycles. The highest BCUT2D eigenvalue weighted by atomic mass is 35.5. The first kappa shape index (κ1) is 19.7. The molecule has 0 amide bonds. The smallest absolute Gasteiger partial charge is 0.217 e. The lowest BCUT2D eigenvalue weighted by Gasteiger charge is -2.12. The fraction of sp³-hybridized carbons (Fsp3) is 0.143. The lowest BCUT2D eigenvalue weighted by molar-refractivity contribution is 0.104. The molecule has 0 atom stereocenters. The predicted octanol–water partition coefficient (Wildman–Crippen LogP) is 5.94. The number of nitrogen functional groups attached to an aromatic ring is 1. The van der Waals surface area contributed by atoms with Crippen LogP contribution in [-0.2, 0) is 0 Å². The molecule has 0 bridgehead atoms. The van der Waals surface area contributed by atoms with Crippen molar-refractivity contribution in [3.8, 4) is 0 Å². The van der Waals surface area contributed by atoms with Gasteiger partial charge in [-0.2, -0.15) is 0 Å². The maximum Gasteiger partial charge on any atom is 0.217 e. The second-order valence-corrected chi connectivity index (χ2v) is 9.31. The maximum atomic E-state index is 13.2. The molecule has 8 heteroatoms. The number of fused-ring (bicyclic) bond motifs is 1. The normalized spacial score (nSPS) is 11.0. The molecule has 0 aliphatic heterocycles. The number of anilines is 4. The Labute approximate surface area is 181 Å². The summed E-state index contributed by atoms with van der Waals surface area (Å²) in [5.41, 5.74) is 9.01. The van der Waals surface area contributed by atoms with Crippen LogP contribution in [0.25, 0.3) is 10.1 Å². The molecule has 0 aliphatic rings. The van der Waals surface area contributed by atoms with Crippen LogP contribution in [0.5, 0.6) is 0 Å². The summed E-state index contributed by atoms with van der Waals surface area (Å²) < 4.78 is 0.987. The molecule has 0 unspecified atom stereocenters. The second-order valence-electron chi connectivity index (χ2n) is 6.83. The Morgan fingerprint density at radius 3 is 2.52 bits per heavy atom. The number of halogens is 1. The highest BCUT2D eigenvalue weighted by Gasteiger charge is 2.23. The standard InChI is InChI=1S/C21H19ClN4OS2/c1-11-15-9-4-12(22)10-16(15)28-18(11)17(27)19-20(23)25-21(29-19)24-13-5-7-14(8-6-13)26(2)3/h4-10H,23H2,1-3H3,(H,24,25). The van der Waals surface area contributed by atoms with Gasteiger partial charge in [-0.3, -0.25) is 4.79 Å². The third-order valence-electron chi connectivity index (χ3n) is 4.60. The van der Waals surface area contributed by atoms with Gasteiger partial charge < -0.3 is 16.0 Å². The van der Waals surface area contributed by atoms with Gasteiger partial charge in [-0.25, -0.2) is 4.98 Å². The number of thiazole rings is 1. The third kappa shape index (κ3) is 3.81.